The number of aromatic nitrogens is 2. The summed E-state index contributed by atoms with van der Waals surface area (Å²) in [5.74, 6) is 0.0492. The maximum Gasteiger partial charge on any atom is 0.257 e. The standard InChI is InChI=1S/C20H21ClN4OS/c21-17-3-5-18(6-4-17)25-15-16(14-22-25)20(26)24-11-9-23(10-12-24)8-7-19-2-1-13-27-19/h1-6,13-15H,7-12H2. The van der Waals surface area contributed by atoms with Gasteiger partial charge in [0, 0.05) is 48.8 Å². The first-order chi connectivity index (χ1) is 13.2. The highest BCUT2D eigenvalue weighted by atomic mass is 35.5. The van der Waals surface area contributed by atoms with Crippen LogP contribution in [0, 0.1) is 0 Å². The Morgan fingerprint density at radius 3 is 2.59 bits per heavy atom. The summed E-state index contributed by atoms with van der Waals surface area (Å²) in [6.45, 7) is 4.41. The minimum atomic E-state index is 0.0492. The molecule has 2 aromatic heterocycles. The van der Waals surface area contributed by atoms with Crippen molar-refractivity contribution in [3.63, 3.8) is 0 Å². The van der Waals surface area contributed by atoms with Crippen molar-refractivity contribution in [1.82, 2.24) is 19.6 Å². The molecule has 5 nitrogen and oxygen atoms in total. The predicted octanol–water partition coefficient (Wildman–Crippen LogP) is 3.59. The Labute approximate surface area is 167 Å². The molecule has 0 aliphatic carbocycles. The van der Waals surface area contributed by atoms with Crippen LogP contribution in [0.2, 0.25) is 5.02 Å². The van der Waals surface area contributed by atoms with E-state index in [0.29, 0.717) is 10.6 Å². The van der Waals surface area contributed by atoms with Gasteiger partial charge in [0.1, 0.15) is 0 Å². The van der Waals surface area contributed by atoms with Gasteiger partial charge in [-0.2, -0.15) is 5.10 Å². The first-order valence-electron chi connectivity index (χ1n) is 9.04. The first kappa shape index (κ1) is 18.2. The summed E-state index contributed by atoms with van der Waals surface area (Å²) in [7, 11) is 0. The zero-order chi connectivity index (χ0) is 18.6. The normalized spacial score (nSPS) is 15.2. The van der Waals surface area contributed by atoms with Crippen molar-refractivity contribution < 1.29 is 4.79 Å². The molecule has 0 bridgehead atoms. The SMILES string of the molecule is O=C(c1cnn(-c2ccc(Cl)cc2)c1)N1CCN(CCc2cccs2)CC1. The number of rotatable bonds is 5. The van der Waals surface area contributed by atoms with Gasteiger partial charge in [-0.25, -0.2) is 4.68 Å². The summed E-state index contributed by atoms with van der Waals surface area (Å²) in [6.07, 6.45) is 4.51. The van der Waals surface area contributed by atoms with E-state index in [1.807, 2.05) is 40.5 Å². The Morgan fingerprint density at radius 2 is 1.89 bits per heavy atom. The highest BCUT2D eigenvalue weighted by Crippen LogP contribution is 2.15. The molecular weight excluding hydrogens is 380 g/mol. The highest BCUT2D eigenvalue weighted by Gasteiger charge is 2.23. The average Bonchev–Trinajstić information content (AvgIpc) is 3.39. The van der Waals surface area contributed by atoms with Crippen LogP contribution < -0.4 is 0 Å². The van der Waals surface area contributed by atoms with Crippen LogP contribution in [0.15, 0.2) is 54.2 Å². The molecule has 1 aromatic carbocycles. The number of nitrogens with zero attached hydrogens (tertiary/aromatic N) is 4. The number of hydrogen-bond donors (Lipinski definition) is 0. The molecule has 0 unspecified atom stereocenters. The molecule has 1 saturated heterocycles. The van der Waals surface area contributed by atoms with Crippen molar-refractivity contribution in [2.75, 3.05) is 32.7 Å². The number of amides is 1. The number of hydrogen-bond acceptors (Lipinski definition) is 4. The molecule has 0 radical (unpaired) electrons. The van der Waals surface area contributed by atoms with Crippen LogP contribution in [0.5, 0.6) is 0 Å². The lowest BCUT2D eigenvalue weighted by Gasteiger charge is -2.34. The zero-order valence-electron chi connectivity index (χ0n) is 14.9. The Hall–Kier alpha value is -2.15. The maximum atomic E-state index is 12.8. The van der Waals surface area contributed by atoms with Gasteiger partial charge >= 0.3 is 0 Å². The predicted molar refractivity (Wildman–Crippen MR) is 109 cm³/mol. The third-order valence-corrected chi connectivity index (χ3v) is 6.02. The van der Waals surface area contributed by atoms with Gasteiger partial charge in [-0.3, -0.25) is 9.69 Å². The quantitative estimate of drug-likeness (QED) is 0.657. The fourth-order valence-corrected chi connectivity index (χ4v) is 4.07. The summed E-state index contributed by atoms with van der Waals surface area (Å²) in [6, 6.07) is 11.7. The van der Waals surface area contributed by atoms with E-state index in [0.717, 1.165) is 44.8 Å². The Balaban J connectivity index is 1.32. The van der Waals surface area contributed by atoms with Crippen molar-refractivity contribution in [1.29, 1.82) is 0 Å². The summed E-state index contributed by atoms with van der Waals surface area (Å²) in [5.41, 5.74) is 1.51. The van der Waals surface area contributed by atoms with Gasteiger partial charge in [-0.1, -0.05) is 17.7 Å². The molecule has 0 N–H and O–H groups in total. The Morgan fingerprint density at radius 1 is 1.11 bits per heavy atom. The lowest BCUT2D eigenvalue weighted by atomic mass is 10.2. The third kappa shape index (κ3) is 4.40. The minimum Gasteiger partial charge on any atom is -0.336 e. The lowest BCUT2D eigenvalue weighted by molar-refractivity contribution is 0.0639. The second-order valence-corrected chi connectivity index (χ2v) is 8.08. The Kier molecular flexibility index (Phi) is 5.57. The molecule has 1 amide bonds. The number of thiophene rings is 1. The van der Waals surface area contributed by atoms with Crippen LogP contribution in [-0.4, -0.2) is 58.2 Å². The van der Waals surface area contributed by atoms with Gasteiger partial charge in [0.25, 0.3) is 5.91 Å². The van der Waals surface area contributed by atoms with Gasteiger partial charge in [-0.05, 0) is 42.1 Å². The molecule has 7 heteroatoms. The maximum absolute atomic E-state index is 12.8. The fraction of sp³-hybridized carbons (Fsp3) is 0.300. The largest absolute Gasteiger partial charge is 0.336 e. The number of carbonyl (C=O) groups is 1. The third-order valence-electron chi connectivity index (χ3n) is 4.83. The van der Waals surface area contributed by atoms with Crippen LogP contribution in [-0.2, 0) is 6.42 Å². The van der Waals surface area contributed by atoms with E-state index in [1.54, 1.807) is 17.1 Å². The van der Waals surface area contributed by atoms with E-state index in [1.165, 1.54) is 4.88 Å². The molecule has 4 rings (SSSR count). The molecule has 3 aromatic rings. The van der Waals surface area contributed by atoms with Gasteiger partial charge in [0.2, 0.25) is 0 Å². The monoisotopic (exact) mass is 400 g/mol. The van der Waals surface area contributed by atoms with Crippen LogP contribution in [0.3, 0.4) is 0 Å². The lowest BCUT2D eigenvalue weighted by Crippen LogP contribution is -2.49. The van der Waals surface area contributed by atoms with E-state index in [2.05, 4.69) is 27.5 Å². The highest BCUT2D eigenvalue weighted by molar-refractivity contribution is 7.09. The summed E-state index contributed by atoms with van der Waals surface area (Å²) >= 11 is 7.73. The molecular formula is C20H21ClN4OS. The van der Waals surface area contributed by atoms with Crippen LogP contribution in [0.4, 0.5) is 0 Å². The molecule has 0 saturated carbocycles. The van der Waals surface area contributed by atoms with E-state index in [-0.39, 0.29) is 5.91 Å². The summed E-state index contributed by atoms with van der Waals surface area (Å²) in [5, 5.41) is 7.12. The molecule has 1 aliphatic rings. The van der Waals surface area contributed by atoms with E-state index < -0.39 is 0 Å². The van der Waals surface area contributed by atoms with Crippen molar-refractivity contribution in [3.05, 3.63) is 69.6 Å². The topological polar surface area (TPSA) is 41.4 Å². The number of piperazine rings is 1. The minimum absolute atomic E-state index is 0.0492. The number of halogens is 1. The first-order valence-corrected chi connectivity index (χ1v) is 10.3. The van der Waals surface area contributed by atoms with E-state index in [9.17, 15) is 4.79 Å². The van der Waals surface area contributed by atoms with E-state index >= 15 is 0 Å². The number of carbonyl (C=O) groups excluding carboxylic acids is 1. The summed E-state index contributed by atoms with van der Waals surface area (Å²) in [4.78, 5) is 18.6. The van der Waals surface area contributed by atoms with Gasteiger partial charge in [0.15, 0.2) is 0 Å². The van der Waals surface area contributed by atoms with Gasteiger partial charge in [-0.15, -0.1) is 11.3 Å². The second-order valence-electron chi connectivity index (χ2n) is 6.61. The molecule has 0 atom stereocenters. The molecule has 3 heterocycles. The van der Waals surface area contributed by atoms with Gasteiger partial charge in [0.05, 0.1) is 17.4 Å². The van der Waals surface area contributed by atoms with Crippen molar-refractivity contribution >= 4 is 28.8 Å². The zero-order valence-corrected chi connectivity index (χ0v) is 16.5. The van der Waals surface area contributed by atoms with Crippen LogP contribution in [0.25, 0.3) is 5.69 Å². The Bertz CT molecular complexity index is 883. The summed E-state index contributed by atoms with van der Waals surface area (Å²) < 4.78 is 1.71. The van der Waals surface area contributed by atoms with Gasteiger partial charge < -0.3 is 4.90 Å². The fourth-order valence-electron chi connectivity index (χ4n) is 3.25. The van der Waals surface area contributed by atoms with Crippen molar-refractivity contribution in [2.24, 2.45) is 0 Å². The van der Waals surface area contributed by atoms with Crippen molar-refractivity contribution in [2.45, 2.75) is 6.42 Å². The molecule has 27 heavy (non-hydrogen) atoms. The van der Waals surface area contributed by atoms with Crippen molar-refractivity contribution in [3.8, 4) is 5.69 Å². The van der Waals surface area contributed by atoms with Crippen LogP contribution >= 0.6 is 22.9 Å². The second kappa shape index (κ2) is 8.25. The average molecular weight is 401 g/mol. The smallest absolute Gasteiger partial charge is 0.257 e. The molecule has 1 fully saturated rings. The van der Waals surface area contributed by atoms with E-state index in [4.69, 9.17) is 11.6 Å². The number of benzene rings is 1. The molecule has 0 spiro atoms. The van der Waals surface area contributed by atoms with Crippen LogP contribution in [0.1, 0.15) is 15.2 Å². The molecule has 1 aliphatic heterocycles. The molecule has 140 valence electrons.